The zero-order valence-electron chi connectivity index (χ0n) is 20.9. The summed E-state index contributed by atoms with van der Waals surface area (Å²) in [5.41, 5.74) is 3.42. The summed E-state index contributed by atoms with van der Waals surface area (Å²) in [7, 11) is 0. The molecule has 0 atom stereocenters. The largest absolute Gasteiger partial charge is 0.457 e. The van der Waals surface area contributed by atoms with Crippen molar-refractivity contribution in [2.45, 2.75) is 20.4 Å². The second-order valence-corrected chi connectivity index (χ2v) is 8.88. The van der Waals surface area contributed by atoms with Gasteiger partial charge in [0.2, 0.25) is 18.7 Å². The maximum atomic E-state index is 5.85. The van der Waals surface area contributed by atoms with Crippen molar-refractivity contribution in [2.24, 2.45) is 4.99 Å². The fourth-order valence-corrected chi connectivity index (χ4v) is 3.92. The number of nitrogens with one attached hydrogen (secondary N) is 3. The van der Waals surface area contributed by atoms with Crippen LogP contribution < -0.4 is 30.2 Å². The first-order valence-electron chi connectivity index (χ1n) is 11.9. The zero-order valence-corrected chi connectivity index (χ0v) is 21.7. The molecule has 0 amide bonds. The van der Waals surface area contributed by atoms with Crippen molar-refractivity contribution in [1.29, 1.82) is 0 Å². The minimum Gasteiger partial charge on any atom is -0.457 e. The molecule has 5 rings (SSSR count). The molecule has 0 unspecified atom stereocenters. The molecule has 1 aliphatic heterocycles. The van der Waals surface area contributed by atoms with Crippen LogP contribution in [0.25, 0.3) is 0 Å². The molecule has 0 saturated carbocycles. The molecule has 9 nitrogen and oxygen atoms in total. The highest BCUT2D eigenvalue weighted by atomic mass is 32.1. The molecule has 2 heterocycles. The number of anilines is 2. The number of nitrogens with zero attached hydrogens (tertiary/aromatic N) is 3. The highest BCUT2D eigenvalue weighted by Gasteiger charge is 2.13. The first-order valence-corrected chi connectivity index (χ1v) is 12.3. The Bertz CT molecular complexity index is 1440. The van der Waals surface area contributed by atoms with Gasteiger partial charge in [0.1, 0.15) is 11.5 Å². The molecule has 0 spiro atoms. The maximum absolute atomic E-state index is 5.85. The van der Waals surface area contributed by atoms with E-state index in [1.807, 2.05) is 92.7 Å². The number of aliphatic imine (C=N–C) groups is 1. The Morgan fingerprint density at radius 2 is 1.58 bits per heavy atom. The summed E-state index contributed by atoms with van der Waals surface area (Å²) in [6.07, 6.45) is 0. The summed E-state index contributed by atoms with van der Waals surface area (Å²) >= 11 is 5.56. The van der Waals surface area contributed by atoms with Crippen molar-refractivity contribution in [3.8, 4) is 23.0 Å². The minimum absolute atomic E-state index is 0.222. The Morgan fingerprint density at radius 1 is 0.868 bits per heavy atom. The van der Waals surface area contributed by atoms with Gasteiger partial charge in [0, 0.05) is 17.1 Å². The number of thiocarbonyl (C=S) groups is 1. The van der Waals surface area contributed by atoms with Gasteiger partial charge in [-0.05, 0) is 86.2 Å². The van der Waals surface area contributed by atoms with Gasteiger partial charge in [-0.3, -0.25) is 5.32 Å². The molecule has 0 radical (unpaired) electrons. The predicted molar refractivity (Wildman–Crippen MR) is 151 cm³/mol. The van der Waals surface area contributed by atoms with E-state index in [-0.39, 0.29) is 6.79 Å². The van der Waals surface area contributed by atoms with E-state index in [1.165, 1.54) is 0 Å². The van der Waals surface area contributed by atoms with E-state index >= 15 is 0 Å². The average Bonchev–Trinajstić information content (AvgIpc) is 3.36. The Morgan fingerprint density at radius 3 is 2.34 bits per heavy atom. The molecule has 10 heteroatoms. The van der Waals surface area contributed by atoms with Crippen molar-refractivity contribution >= 4 is 34.9 Å². The lowest BCUT2D eigenvalue weighted by atomic mass is 10.2. The number of benzene rings is 3. The summed E-state index contributed by atoms with van der Waals surface area (Å²) in [6.45, 7) is 4.41. The van der Waals surface area contributed by atoms with Crippen LogP contribution in [0.3, 0.4) is 0 Å². The Balaban J connectivity index is 1.27. The molecule has 0 fully saturated rings. The third kappa shape index (κ3) is 6.74. The molecular weight excluding hydrogens is 500 g/mol. The number of hydrogen-bond donors (Lipinski definition) is 3. The fourth-order valence-electron chi connectivity index (χ4n) is 3.71. The average molecular weight is 527 g/mol. The Labute approximate surface area is 225 Å². The van der Waals surface area contributed by atoms with Gasteiger partial charge in [0.05, 0.1) is 6.54 Å². The number of aromatic nitrogens is 2. The number of fused-ring (bicyclic) bond motifs is 1. The number of ether oxygens (including phenoxy) is 3. The zero-order chi connectivity index (χ0) is 26.3. The Hall–Kier alpha value is -4.70. The van der Waals surface area contributed by atoms with Crippen molar-refractivity contribution in [1.82, 2.24) is 15.3 Å². The van der Waals surface area contributed by atoms with Crippen LogP contribution in [0.1, 0.15) is 17.0 Å². The van der Waals surface area contributed by atoms with Gasteiger partial charge in [-0.25, -0.2) is 15.0 Å². The quantitative estimate of drug-likeness (QED) is 0.169. The molecule has 1 aromatic heterocycles. The number of rotatable bonds is 6. The van der Waals surface area contributed by atoms with Crippen LogP contribution in [-0.4, -0.2) is 27.8 Å². The van der Waals surface area contributed by atoms with Crippen molar-refractivity contribution in [2.75, 3.05) is 17.4 Å². The molecule has 4 aromatic rings. The van der Waals surface area contributed by atoms with Gasteiger partial charge in [-0.2, -0.15) is 0 Å². The van der Waals surface area contributed by atoms with Crippen LogP contribution in [0.2, 0.25) is 0 Å². The summed E-state index contributed by atoms with van der Waals surface area (Å²) in [5.74, 6) is 3.74. The Kier molecular flexibility index (Phi) is 7.60. The van der Waals surface area contributed by atoms with Crippen LogP contribution in [-0.2, 0) is 6.54 Å². The fraction of sp³-hybridized carbons (Fsp3) is 0.143. The molecule has 3 N–H and O–H groups in total. The molecular formula is C28H26N6O3S. The van der Waals surface area contributed by atoms with Crippen LogP contribution in [0.5, 0.6) is 23.0 Å². The molecule has 0 saturated heterocycles. The lowest BCUT2D eigenvalue weighted by Crippen LogP contribution is -2.39. The van der Waals surface area contributed by atoms with Crippen molar-refractivity contribution in [3.63, 3.8) is 0 Å². The van der Waals surface area contributed by atoms with E-state index in [2.05, 4.69) is 30.9 Å². The van der Waals surface area contributed by atoms with Gasteiger partial charge in [0.25, 0.3) is 0 Å². The predicted octanol–water partition coefficient (Wildman–Crippen LogP) is 5.57. The number of guanidine groups is 1. The number of para-hydroxylation sites is 1. The second-order valence-electron chi connectivity index (χ2n) is 8.47. The molecule has 192 valence electrons. The highest BCUT2D eigenvalue weighted by molar-refractivity contribution is 7.80. The van der Waals surface area contributed by atoms with Gasteiger partial charge in [0.15, 0.2) is 16.6 Å². The second kappa shape index (κ2) is 11.6. The van der Waals surface area contributed by atoms with Crippen LogP contribution >= 0.6 is 12.2 Å². The lowest BCUT2D eigenvalue weighted by Gasteiger charge is -2.15. The van der Waals surface area contributed by atoms with E-state index in [0.29, 0.717) is 29.3 Å². The van der Waals surface area contributed by atoms with E-state index in [9.17, 15) is 0 Å². The van der Waals surface area contributed by atoms with Gasteiger partial charge < -0.3 is 24.8 Å². The van der Waals surface area contributed by atoms with Crippen LogP contribution in [0, 0.1) is 13.8 Å². The first-order chi connectivity index (χ1) is 18.5. The minimum atomic E-state index is 0.222. The van der Waals surface area contributed by atoms with E-state index < -0.39 is 0 Å². The highest BCUT2D eigenvalue weighted by Crippen LogP contribution is 2.32. The molecule has 38 heavy (non-hydrogen) atoms. The maximum Gasteiger partial charge on any atom is 0.231 e. The number of hydrogen-bond acceptors (Lipinski definition) is 7. The smallest absolute Gasteiger partial charge is 0.231 e. The molecule has 0 bridgehead atoms. The number of aryl methyl sites for hydroxylation is 2. The molecule has 0 aliphatic carbocycles. The summed E-state index contributed by atoms with van der Waals surface area (Å²) < 4.78 is 16.7. The van der Waals surface area contributed by atoms with E-state index in [4.69, 9.17) is 26.4 Å². The van der Waals surface area contributed by atoms with Crippen LogP contribution in [0.15, 0.2) is 83.9 Å². The van der Waals surface area contributed by atoms with E-state index in [1.54, 1.807) is 0 Å². The molecule has 3 aromatic carbocycles. The van der Waals surface area contributed by atoms with Crippen LogP contribution in [0.4, 0.5) is 11.6 Å². The standard InChI is InChI=1S/C28H26N6O3S/c1-18-14-19(2)31-27(30-18)33-26(29-16-20-8-13-24-25(15-20)36-17-35-24)34-28(38)32-21-9-11-23(12-10-21)37-22-6-4-3-5-7-22/h3-15H,16-17H2,1-2H3,(H3,29,30,31,32,33,34,38). The first kappa shape index (κ1) is 25.0. The van der Waals surface area contributed by atoms with Gasteiger partial charge >= 0.3 is 0 Å². The molecule has 1 aliphatic rings. The van der Waals surface area contributed by atoms with Gasteiger partial charge in [-0.15, -0.1) is 0 Å². The van der Waals surface area contributed by atoms with Crippen molar-refractivity contribution < 1.29 is 14.2 Å². The summed E-state index contributed by atoms with van der Waals surface area (Å²) in [5, 5.41) is 9.79. The van der Waals surface area contributed by atoms with Gasteiger partial charge in [-0.1, -0.05) is 24.3 Å². The SMILES string of the molecule is Cc1cc(C)nc(NC(=NCc2ccc3c(c2)OCO3)NC(=S)Nc2ccc(Oc3ccccc3)cc2)n1. The van der Waals surface area contributed by atoms with E-state index in [0.717, 1.165) is 39.9 Å². The monoisotopic (exact) mass is 526 g/mol. The topological polar surface area (TPSA) is 102 Å². The lowest BCUT2D eigenvalue weighted by molar-refractivity contribution is 0.174. The third-order valence-corrected chi connectivity index (χ3v) is 5.60. The summed E-state index contributed by atoms with van der Waals surface area (Å²) in [4.78, 5) is 13.6. The summed E-state index contributed by atoms with van der Waals surface area (Å²) in [6, 6.07) is 24.7. The normalized spacial score (nSPS) is 12.1. The third-order valence-electron chi connectivity index (χ3n) is 5.39. The van der Waals surface area contributed by atoms with Crippen molar-refractivity contribution in [3.05, 3.63) is 95.8 Å².